The monoisotopic (exact) mass is 359 g/mol. The van der Waals surface area contributed by atoms with Crippen molar-refractivity contribution in [2.75, 3.05) is 5.32 Å². The van der Waals surface area contributed by atoms with Crippen LogP contribution in [0, 0.1) is 0 Å². The van der Waals surface area contributed by atoms with Crippen LogP contribution >= 0.6 is 0 Å². The molecule has 2 aromatic rings. The number of anilines is 1. The van der Waals surface area contributed by atoms with Gasteiger partial charge in [-0.15, -0.1) is 0 Å². The van der Waals surface area contributed by atoms with E-state index in [1.165, 1.54) is 6.20 Å². The summed E-state index contributed by atoms with van der Waals surface area (Å²) in [4.78, 5) is 44.3. The second-order valence-corrected chi connectivity index (χ2v) is 5.52. The minimum Gasteiger partial charge on any atom is -0.543 e. The molecule has 0 atom stereocenters. The summed E-state index contributed by atoms with van der Waals surface area (Å²) in [5.74, 6) is -1.48. The molecule has 0 unspecified atom stereocenters. The van der Waals surface area contributed by atoms with Gasteiger partial charge in [0, 0.05) is 6.20 Å². The second-order valence-electron chi connectivity index (χ2n) is 5.52. The number of nitrogens with zero attached hydrogens (tertiary/aromatic N) is 2. The molecule has 24 heavy (non-hydrogen) atoms. The predicted molar refractivity (Wildman–Crippen MR) is 76.6 cm³/mol. The van der Waals surface area contributed by atoms with Crippen LogP contribution in [0.25, 0.3) is 11.0 Å². The van der Waals surface area contributed by atoms with Crippen molar-refractivity contribution in [3.63, 3.8) is 0 Å². The molecule has 11 heteroatoms. The average Bonchev–Trinajstić information content (AvgIpc) is 2.79. The fourth-order valence-electron chi connectivity index (χ4n) is 1.74. The third-order valence-corrected chi connectivity index (χ3v) is 2.52. The minimum atomic E-state index is -1.48. The van der Waals surface area contributed by atoms with Gasteiger partial charge in [0.2, 0.25) is 0 Å². The van der Waals surface area contributed by atoms with Gasteiger partial charge in [-0.1, -0.05) is 0 Å². The first kappa shape index (κ1) is 20.5. The zero-order valence-corrected chi connectivity index (χ0v) is 16.7. The maximum Gasteiger partial charge on any atom is 1.00 e. The number of rotatable bonds is 2. The summed E-state index contributed by atoms with van der Waals surface area (Å²) in [5.41, 5.74) is -0.651. The summed E-state index contributed by atoms with van der Waals surface area (Å²) in [6, 6.07) is -0.853. The molecular weight excluding hydrogens is 345 g/mol. The molecule has 0 fully saturated rings. The van der Waals surface area contributed by atoms with Crippen molar-refractivity contribution < 1.29 is 75.6 Å². The third-order valence-electron chi connectivity index (χ3n) is 2.52. The van der Waals surface area contributed by atoms with Crippen LogP contribution in [-0.4, -0.2) is 38.6 Å². The standard InChI is InChI=1S/C13H15N5O5.K/c1-13(2,3)23-12(22)18-11(21)17-6-4-14-8-7(6)15-5-16-9(8)10(19)20;/h4-5,14H,1-3H3,(H,19,20)(H2,17,18,21,22);/q;+1/p-1. The molecule has 0 saturated heterocycles. The van der Waals surface area contributed by atoms with E-state index in [1.54, 1.807) is 20.8 Å². The van der Waals surface area contributed by atoms with Crippen molar-refractivity contribution in [2.24, 2.45) is 0 Å². The summed E-state index contributed by atoms with van der Waals surface area (Å²) in [5, 5.41) is 15.3. The fourth-order valence-corrected chi connectivity index (χ4v) is 1.74. The summed E-state index contributed by atoms with van der Waals surface area (Å²) in [6.07, 6.45) is 1.43. The molecule has 0 saturated carbocycles. The summed E-state index contributed by atoms with van der Waals surface area (Å²) >= 11 is 0. The zero-order chi connectivity index (χ0) is 17.2. The first-order chi connectivity index (χ1) is 10.7. The number of alkyl carbamates (subject to hydrolysis) is 1. The van der Waals surface area contributed by atoms with E-state index in [4.69, 9.17) is 4.74 Å². The number of urea groups is 1. The van der Waals surface area contributed by atoms with E-state index in [-0.39, 0.29) is 73.8 Å². The molecule has 0 spiro atoms. The number of carboxylic acids is 1. The smallest absolute Gasteiger partial charge is 0.543 e. The van der Waals surface area contributed by atoms with Crippen LogP contribution in [0.15, 0.2) is 12.5 Å². The number of aromatic amines is 1. The second kappa shape index (κ2) is 8.03. The Labute approximate surface area is 179 Å². The normalized spacial score (nSPS) is 10.6. The largest absolute Gasteiger partial charge is 1.00 e. The molecule has 2 rings (SSSR count). The Bertz CT molecular complexity index is 783. The number of imide groups is 1. The summed E-state index contributed by atoms with van der Waals surface area (Å²) < 4.78 is 4.94. The van der Waals surface area contributed by atoms with Crippen LogP contribution in [0.3, 0.4) is 0 Å². The van der Waals surface area contributed by atoms with Crippen molar-refractivity contribution in [1.29, 1.82) is 0 Å². The number of nitrogens with one attached hydrogen (secondary N) is 3. The zero-order valence-electron chi connectivity index (χ0n) is 13.6. The first-order valence-electron chi connectivity index (χ1n) is 6.52. The van der Waals surface area contributed by atoms with Crippen molar-refractivity contribution >= 4 is 34.8 Å². The van der Waals surface area contributed by atoms with E-state index >= 15 is 0 Å². The Hall–Kier alpha value is -1.53. The molecule has 122 valence electrons. The van der Waals surface area contributed by atoms with Crippen LogP contribution in [0.1, 0.15) is 31.3 Å². The maximum absolute atomic E-state index is 11.8. The van der Waals surface area contributed by atoms with E-state index < -0.39 is 23.7 Å². The van der Waals surface area contributed by atoms with Gasteiger partial charge in [-0.25, -0.2) is 24.9 Å². The topological polar surface area (TPSA) is 149 Å². The van der Waals surface area contributed by atoms with Gasteiger partial charge in [-0.05, 0) is 20.8 Å². The molecular formula is C13H14KN5O5. The average molecular weight is 359 g/mol. The molecule has 2 heterocycles. The predicted octanol–water partition coefficient (Wildman–Crippen LogP) is -2.62. The Kier molecular flexibility index (Phi) is 6.86. The molecule has 0 aliphatic carbocycles. The van der Waals surface area contributed by atoms with Crippen molar-refractivity contribution in [2.45, 2.75) is 26.4 Å². The van der Waals surface area contributed by atoms with Gasteiger partial charge >= 0.3 is 63.5 Å². The third kappa shape index (κ3) is 5.24. The number of carbonyl (C=O) groups excluding carboxylic acids is 3. The van der Waals surface area contributed by atoms with Gasteiger partial charge in [0.25, 0.3) is 0 Å². The molecule has 0 aliphatic heterocycles. The SMILES string of the molecule is CC(C)(C)OC(=O)NC(=O)Nc1c[nH]c2c(C(=O)[O-])ncnc12.[K+]. The van der Waals surface area contributed by atoms with Gasteiger partial charge in [-0.2, -0.15) is 0 Å². The van der Waals surface area contributed by atoms with E-state index in [1.807, 2.05) is 5.32 Å². The number of H-pyrrole nitrogens is 1. The van der Waals surface area contributed by atoms with Gasteiger partial charge in [0.1, 0.15) is 23.1 Å². The number of aromatic nitrogens is 3. The van der Waals surface area contributed by atoms with Crippen LogP contribution in [-0.2, 0) is 4.74 Å². The summed E-state index contributed by atoms with van der Waals surface area (Å²) in [6.45, 7) is 4.97. The van der Waals surface area contributed by atoms with E-state index in [0.29, 0.717) is 0 Å². The number of hydrogen-bond acceptors (Lipinski definition) is 7. The van der Waals surface area contributed by atoms with Crippen molar-refractivity contribution in [1.82, 2.24) is 20.3 Å². The van der Waals surface area contributed by atoms with Crippen molar-refractivity contribution in [3.8, 4) is 0 Å². The maximum atomic E-state index is 11.8. The van der Waals surface area contributed by atoms with Crippen LogP contribution in [0.5, 0.6) is 0 Å². The van der Waals surface area contributed by atoms with Gasteiger partial charge < -0.3 is 24.9 Å². The van der Waals surface area contributed by atoms with Crippen LogP contribution in [0.4, 0.5) is 15.3 Å². The molecule has 10 nitrogen and oxygen atoms in total. The molecule has 0 radical (unpaired) electrons. The quantitative estimate of drug-likeness (QED) is 0.497. The first-order valence-corrected chi connectivity index (χ1v) is 6.52. The summed E-state index contributed by atoms with van der Waals surface area (Å²) in [7, 11) is 0. The number of ether oxygens (including phenoxy) is 1. The van der Waals surface area contributed by atoms with E-state index in [2.05, 4.69) is 20.3 Å². The van der Waals surface area contributed by atoms with Gasteiger partial charge in [0.05, 0.1) is 17.2 Å². The van der Waals surface area contributed by atoms with E-state index in [0.717, 1.165) is 6.33 Å². The van der Waals surface area contributed by atoms with Crippen molar-refractivity contribution in [3.05, 3.63) is 18.2 Å². The fraction of sp³-hybridized carbons (Fsp3) is 0.308. The molecule has 0 aliphatic rings. The number of carbonyl (C=O) groups is 3. The molecule has 0 bridgehead atoms. The van der Waals surface area contributed by atoms with Gasteiger partial charge in [0.15, 0.2) is 0 Å². The number of carboxylic acid groups (broad SMARTS) is 1. The Morgan fingerprint density at radius 2 is 1.92 bits per heavy atom. The number of fused-ring (bicyclic) bond motifs is 1. The Morgan fingerprint density at radius 1 is 1.25 bits per heavy atom. The molecule has 3 N–H and O–H groups in total. The van der Waals surface area contributed by atoms with Crippen LogP contribution < -0.4 is 67.1 Å². The van der Waals surface area contributed by atoms with Crippen LogP contribution in [0.2, 0.25) is 0 Å². The van der Waals surface area contributed by atoms with E-state index in [9.17, 15) is 19.5 Å². The number of hydrogen-bond donors (Lipinski definition) is 3. The number of amides is 3. The Balaban J connectivity index is 0.00000288. The molecule has 3 amide bonds. The minimum absolute atomic E-state index is 0. The molecule has 0 aromatic carbocycles. The number of aromatic carboxylic acids is 1. The van der Waals surface area contributed by atoms with Gasteiger partial charge in [-0.3, -0.25) is 0 Å². The molecule has 2 aromatic heterocycles. The Morgan fingerprint density at radius 3 is 2.50 bits per heavy atom.